The Hall–Kier alpha value is -2.02. The van der Waals surface area contributed by atoms with Gasteiger partial charge in [0.2, 0.25) is 6.79 Å². The molecule has 1 fully saturated rings. The highest BCUT2D eigenvalue weighted by molar-refractivity contribution is 5.88. The van der Waals surface area contributed by atoms with Crippen LogP contribution in [0.5, 0.6) is 11.5 Å². The second-order valence-electron chi connectivity index (χ2n) is 5.85. The zero-order chi connectivity index (χ0) is 14.7. The highest BCUT2D eigenvalue weighted by atomic mass is 16.7. The summed E-state index contributed by atoms with van der Waals surface area (Å²) < 4.78 is 10.6. The van der Waals surface area contributed by atoms with E-state index >= 15 is 0 Å². The van der Waals surface area contributed by atoms with Crippen LogP contribution in [0.2, 0.25) is 0 Å². The molecule has 0 spiro atoms. The second kappa shape index (κ2) is 6.17. The van der Waals surface area contributed by atoms with Crippen LogP contribution in [0.3, 0.4) is 0 Å². The van der Waals surface area contributed by atoms with Gasteiger partial charge >= 0.3 is 0 Å². The van der Waals surface area contributed by atoms with E-state index in [1.54, 1.807) is 18.2 Å². The maximum Gasteiger partial charge on any atom is 0.231 e. The first-order valence-corrected chi connectivity index (χ1v) is 7.60. The number of hydrogen-bond acceptors (Lipinski definition) is 4. The van der Waals surface area contributed by atoms with Crippen molar-refractivity contribution in [2.45, 2.75) is 44.4 Å². The van der Waals surface area contributed by atoms with Crippen molar-refractivity contribution in [1.29, 1.82) is 5.26 Å². The van der Waals surface area contributed by atoms with E-state index in [1.165, 1.54) is 19.3 Å². The number of fused-ring (bicyclic) bond motifs is 1. The van der Waals surface area contributed by atoms with Crippen molar-refractivity contribution in [1.82, 2.24) is 0 Å². The van der Waals surface area contributed by atoms with Crippen LogP contribution in [0.25, 0.3) is 0 Å². The largest absolute Gasteiger partial charge is 0.454 e. The van der Waals surface area contributed by atoms with E-state index in [-0.39, 0.29) is 12.6 Å². The lowest BCUT2D eigenvalue weighted by molar-refractivity contribution is -0.120. The van der Waals surface area contributed by atoms with Crippen molar-refractivity contribution in [2.75, 3.05) is 6.79 Å². The quantitative estimate of drug-likeness (QED) is 0.848. The van der Waals surface area contributed by atoms with E-state index in [2.05, 4.69) is 6.07 Å². The summed E-state index contributed by atoms with van der Waals surface area (Å²) in [4.78, 5) is 12.4. The van der Waals surface area contributed by atoms with Crippen molar-refractivity contribution in [3.8, 4) is 17.6 Å². The normalized spacial score (nSPS) is 19.0. The van der Waals surface area contributed by atoms with Crippen LogP contribution in [-0.2, 0) is 4.79 Å². The van der Waals surface area contributed by atoms with Gasteiger partial charge in [0.25, 0.3) is 0 Å². The van der Waals surface area contributed by atoms with Crippen molar-refractivity contribution in [3.63, 3.8) is 0 Å². The molecule has 1 unspecified atom stereocenters. The van der Waals surface area contributed by atoms with Crippen LogP contribution >= 0.6 is 0 Å². The van der Waals surface area contributed by atoms with Gasteiger partial charge in [0.1, 0.15) is 5.92 Å². The molecule has 0 amide bonds. The van der Waals surface area contributed by atoms with Crippen LogP contribution in [0.4, 0.5) is 0 Å². The fraction of sp³-hybridized carbons (Fsp3) is 0.529. The molecule has 0 saturated heterocycles. The first-order chi connectivity index (χ1) is 10.3. The molecule has 1 saturated carbocycles. The maximum atomic E-state index is 12.4. The van der Waals surface area contributed by atoms with Crippen molar-refractivity contribution in [3.05, 3.63) is 23.8 Å². The number of ether oxygens (including phenoxy) is 2. The molecule has 2 aliphatic rings. The van der Waals surface area contributed by atoms with E-state index in [4.69, 9.17) is 9.47 Å². The number of Topliss-reactive ketones (excluding diaryl/α,β-unsaturated/α-hetero) is 1. The number of carbonyl (C=O) groups is 1. The molecule has 1 heterocycles. The Kier molecular flexibility index (Phi) is 4.10. The minimum Gasteiger partial charge on any atom is -0.454 e. The van der Waals surface area contributed by atoms with E-state index in [0.29, 0.717) is 29.4 Å². The number of ketones is 1. The van der Waals surface area contributed by atoms with Crippen LogP contribution in [0.1, 0.15) is 50.0 Å². The molecule has 0 N–H and O–H groups in total. The van der Waals surface area contributed by atoms with Gasteiger partial charge in [-0.2, -0.15) is 5.26 Å². The molecule has 4 heteroatoms. The highest BCUT2D eigenvalue weighted by Crippen LogP contribution is 2.36. The lowest BCUT2D eigenvalue weighted by Gasteiger charge is -2.21. The third-order valence-electron chi connectivity index (χ3n) is 4.40. The minimum atomic E-state index is -0.693. The van der Waals surface area contributed by atoms with E-state index in [0.717, 1.165) is 12.8 Å². The molecule has 1 aromatic carbocycles. The summed E-state index contributed by atoms with van der Waals surface area (Å²) in [6.45, 7) is 0.200. The fourth-order valence-corrected chi connectivity index (χ4v) is 3.22. The fourth-order valence-electron chi connectivity index (χ4n) is 3.22. The average molecular weight is 285 g/mol. The summed E-state index contributed by atoms with van der Waals surface area (Å²) >= 11 is 0. The molecule has 1 aliphatic carbocycles. The van der Waals surface area contributed by atoms with Crippen molar-refractivity contribution < 1.29 is 14.3 Å². The first kappa shape index (κ1) is 13.9. The van der Waals surface area contributed by atoms with Crippen molar-refractivity contribution in [2.24, 2.45) is 5.92 Å². The summed E-state index contributed by atoms with van der Waals surface area (Å²) in [5.74, 6) is 1.09. The van der Waals surface area contributed by atoms with Gasteiger partial charge in [-0.05, 0) is 23.6 Å². The number of nitriles is 1. The summed E-state index contributed by atoms with van der Waals surface area (Å²) in [7, 11) is 0. The molecule has 3 rings (SSSR count). The summed E-state index contributed by atoms with van der Waals surface area (Å²) in [6.07, 6.45) is 6.44. The smallest absolute Gasteiger partial charge is 0.231 e. The Labute approximate surface area is 124 Å². The van der Waals surface area contributed by atoms with Gasteiger partial charge in [0.15, 0.2) is 17.3 Å². The predicted octanol–water partition coefficient (Wildman–Crippen LogP) is 3.56. The summed E-state index contributed by atoms with van der Waals surface area (Å²) in [5, 5.41) is 9.38. The summed E-state index contributed by atoms with van der Waals surface area (Å²) in [6, 6.07) is 7.48. The van der Waals surface area contributed by atoms with E-state index in [1.807, 2.05) is 0 Å². The topological polar surface area (TPSA) is 59.3 Å². The van der Waals surface area contributed by atoms with E-state index < -0.39 is 5.92 Å². The van der Waals surface area contributed by atoms with Gasteiger partial charge < -0.3 is 9.47 Å². The Morgan fingerprint density at radius 2 is 2.00 bits per heavy atom. The predicted molar refractivity (Wildman–Crippen MR) is 77.1 cm³/mol. The van der Waals surface area contributed by atoms with Gasteiger partial charge in [0, 0.05) is 6.42 Å². The van der Waals surface area contributed by atoms with Gasteiger partial charge in [-0.15, -0.1) is 0 Å². The van der Waals surface area contributed by atoms with Gasteiger partial charge in [0.05, 0.1) is 6.07 Å². The standard InChI is InChI=1S/C17H19NO3/c18-10-14(15(19)8-12-4-2-1-3-5-12)13-6-7-16-17(9-13)21-11-20-16/h6-7,9,12,14H,1-5,8,11H2. The Morgan fingerprint density at radius 1 is 1.24 bits per heavy atom. The molecule has 1 aromatic rings. The average Bonchev–Trinajstić information content (AvgIpc) is 2.96. The minimum absolute atomic E-state index is 0.0308. The van der Waals surface area contributed by atoms with Crippen LogP contribution in [0.15, 0.2) is 18.2 Å². The lowest BCUT2D eigenvalue weighted by Crippen LogP contribution is -2.17. The molecule has 0 bridgehead atoms. The monoisotopic (exact) mass is 285 g/mol. The molecule has 21 heavy (non-hydrogen) atoms. The molecule has 1 atom stereocenters. The zero-order valence-corrected chi connectivity index (χ0v) is 12.0. The molecule has 110 valence electrons. The number of hydrogen-bond donors (Lipinski definition) is 0. The van der Waals surface area contributed by atoms with Gasteiger partial charge in [-0.25, -0.2) is 0 Å². The van der Waals surface area contributed by atoms with Crippen LogP contribution in [-0.4, -0.2) is 12.6 Å². The van der Waals surface area contributed by atoms with Gasteiger partial charge in [-0.1, -0.05) is 38.2 Å². The number of rotatable bonds is 4. The first-order valence-electron chi connectivity index (χ1n) is 7.60. The van der Waals surface area contributed by atoms with Crippen molar-refractivity contribution >= 4 is 5.78 Å². The molecular weight excluding hydrogens is 266 g/mol. The molecule has 4 nitrogen and oxygen atoms in total. The SMILES string of the molecule is N#CC(C(=O)CC1CCCCC1)c1ccc2c(c1)OCO2. The molecule has 0 aromatic heterocycles. The molecule has 0 radical (unpaired) electrons. The maximum absolute atomic E-state index is 12.4. The third kappa shape index (κ3) is 3.02. The summed E-state index contributed by atoms with van der Waals surface area (Å²) in [5.41, 5.74) is 0.711. The Bertz CT molecular complexity index is 570. The molecular formula is C17H19NO3. The van der Waals surface area contributed by atoms with Crippen LogP contribution < -0.4 is 9.47 Å². The van der Waals surface area contributed by atoms with Gasteiger partial charge in [-0.3, -0.25) is 4.79 Å². The number of carbonyl (C=O) groups excluding carboxylic acids is 1. The molecule has 1 aliphatic heterocycles. The number of benzene rings is 1. The Morgan fingerprint density at radius 3 is 2.76 bits per heavy atom. The zero-order valence-electron chi connectivity index (χ0n) is 12.0. The highest BCUT2D eigenvalue weighted by Gasteiger charge is 2.26. The lowest BCUT2D eigenvalue weighted by atomic mass is 9.82. The Balaban J connectivity index is 1.72. The van der Waals surface area contributed by atoms with Crippen LogP contribution in [0, 0.1) is 17.2 Å². The second-order valence-corrected chi connectivity index (χ2v) is 5.85. The number of nitrogens with zero attached hydrogens (tertiary/aromatic N) is 1. The van der Waals surface area contributed by atoms with E-state index in [9.17, 15) is 10.1 Å². The third-order valence-corrected chi connectivity index (χ3v) is 4.40.